The van der Waals surface area contributed by atoms with Gasteiger partial charge in [-0.1, -0.05) is 12.1 Å². The summed E-state index contributed by atoms with van der Waals surface area (Å²) in [5.41, 5.74) is 0. The smallest absolute Gasteiger partial charge is 0.244 e. The number of aromatic nitrogens is 2. The van der Waals surface area contributed by atoms with E-state index < -0.39 is 25.1 Å². The molecule has 0 amide bonds. The third-order valence-corrected chi connectivity index (χ3v) is 9.49. The van der Waals surface area contributed by atoms with Crippen LogP contribution >= 0.6 is 15.9 Å². The van der Waals surface area contributed by atoms with Crippen molar-refractivity contribution in [2.24, 2.45) is 7.05 Å². The van der Waals surface area contributed by atoms with Crippen LogP contribution in [-0.2, 0) is 26.9 Å². The molecule has 0 aliphatic carbocycles. The first kappa shape index (κ1) is 18.6. The van der Waals surface area contributed by atoms with Crippen molar-refractivity contribution in [2.45, 2.75) is 28.1 Å². The van der Waals surface area contributed by atoms with Crippen molar-refractivity contribution in [1.29, 1.82) is 0 Å². The molecule has 0 spiro atoms. The Morgan fingerprint density at radius 2 is 1.76 bits per heavy atom. The third kappa shape index (κ3) is 3.40. The van der Waals surface area contributed by atoms with Gasteiger partial charge in [-0.2, -0.15) is 4.31 Å². The molecule has 2 heterocycles. The fourth-order valence-corrected chi connectivity index (χ4v) is 7.18. The second kappa shape index (κ2) is 6.82. The number of hydrogen-bond donors (Lipinski definition) is 0. The van der Waals surface area contributed by atoms with E-state index in [0.717, 1.165) is 0 Å². The molecule has 0 radical (unpaired) electrons. The summed E-state index contributed by atoms with van der Waals surface area (Å²) in [6.45, 7) is 0.329. The molecule has 3 rings (SSSR count). The lowest BCUT2D eigenvalue weighted by molar-refractivity contribution is 0.344. The Balaban J connectivity index is 1.79. The predicted octanol–water partition coefficient (Wildman–Crippen LogP) is 1.81. The van der Waals surface area contributed by atoms with Crippen molar-refractivity contribution in [1.82, 2.24) is 13.9 Å². The molecule has 0 atom stereocenters. The maximum atomic E-state index is 12.8. The maximum absolute atomic E-state index is 12.8. The molecular weight excluding hydrogens is 430 g/mol. The minimum absolute atomic E-state index is 0.0274. The lowest BCUT2D eigenvalue weighted by Gasteiger charge is -2.30. The number of aryl methyl sites for hydroxylation is 1. The van der Waals surface area contributed by atoms with Crippen LogP contribution in [0.2, 0.25) is 0 Å². The van der Waals surface area contributed by atoms with E-state index in [1.54, 1.807) is 31.4 Å². The number of halogens is 1. The zero-order chi connectivity index (χ0) is 18.2. The molecule has 0 saturated carbocycles. The van der Waals surface area contributed by atoms with Crippen molar-refractivity contribution >= 4 is 35.8 Å². The Morgan fingerprint density at radius 3 is 2.32 bits per heavy atom. The molecule has 0 N–H and O–H groups in total. The van der Waals surface area contributed by atoms with Crippen molar-refractivity contribution in [3.63, 3.8) is 0 Å². The fourth-order valence-electron chi connectivity index (χ4n) is 2.95. The molecule has 136 valence electrons. The highest BCUT2D eigenvalue weighted by Crippen LogP contribution is 2.29. The zero-order valence-corrected chi connectivity index (χ0v) is 16.8. The van der Waals surface area contributed by atoms with Gasteiger partial charge in [-0.3, -0.25) is 0 Å². The first-order valence-electron chi connectivity index (χ1n) is 7.70. The number of rotatable bonds is 4. The van der Waals surface area contributed by atoms with E-state index in [0.29, 0.717) is 4.47 Å². The van der Waals surface area contributed by atoms with Crippen LogP contribution < -0.4 is 0 Å². The molecule has 1 aliphatic heterocycles. The quantitative estimate of drug-likeness (QED) is 0.712. The summed E-state index contributed by atoms with van der Waals surface area (Å²) in [6, 6.07) is 6.62. The van der Waals surface area contributed by atoms with E-state index in [1.807, 2.05) is 0 Å². The Bertz CT molecular complexity index is 978. The van der Waals surface area contributed by atoms with Crippen LogP contribution in [0.3, 0.4) is 0 Å². The number of nitrogens with zero attached hydrogens (tertiary/aromatic N) is 3. The molecule has 25 heavy (non-hydrogen) atoms. The molecule has 1 fully saturated rings. The summed E-state index contributed by atoms with van der Waals surface area (Å²) >= 11 is 3.26. The number of imidazole rings is 1. The second-order valence-electron chi connectivity index (χ2n) is 5.90. The van der Waals surface area contributed by atoms with Crippen LogP contribution in [0.5, 0.6) is 0 Å². The Hall–Kier alpha value is -1.23. The van der Waals surface area contributed by atoms with E-state index in [2.05, 4.69) is 20.9 Å². The van der Waals surface area contributed by atoms with Gasteiger partial charge in [0.2, 0.25) is 25.0 Å². The van der Waals surface area contributed by atoms with Gasteiger partial charge in [0.05, 0.1) is 10.1 Å². The first-order chi connectivity index (χ1) is 11.7. The van der Waals surface area contributed by atoms with Crippen molar-refractivity contribution < 1.29 is 16.8 Å². The van der Waals surface area contributed by atoms with Gasteiger partial charge in [0.25, 0.3) is 0 Å². The highest BCUT2D eigenvalue weighted by Gasteiger charge is 2.37. The van der Waals surface area contributed by atoms with Crippen molar-refractivity contribution in [3.8, 4) is 0 Å². The summed E-state index contributed by atoms with van der Waals surface area (Å²) < 4.78 is 54.3. The van der Waals surface area contributed by atoms with Crippen LogP contribution in [0.4, 0.5) is 0 Å². The van der Waals surface area contributed by atoms with E-state index >= 15 is 0 Å². The van der Waals surface area contributed by atoms with E-state index in [1.165, 1.54) is 21.1 Å². The van der Waals surface area contributed by atoms with E-state index in [4.69, 9.17) is 0 Å². The predicted molar refractivity (Wildman–Crippen MR) is 96.3 cm³/mol. The summed E-state index contributed by atoms with van der Waals surface area (Å²) in [6.07, 6.45) is 3.52. The standard InChI is InChI=1S/C15H18BrN3O4S2/c1-18-11-8-17-15(18)24(20,21)12-6-9-19(10-7-12)25(22,23)14-5-3-2-4-13(14)16/h2-5,8,11-12H,6-7,9-10H2,1H3. The van der Waals surface area contributed by atoms with Crippen LogP contribution in [0, 0.1) is 0 Å². The second-order valence-corrected chi connectivity index (χ2v) is 10.8. The van der Waals surface area contributed by atoms with Crippen molar-refractivity contribution in [2.75, 3.05) is 13.1 Å². The van der Waals surface area contributed by atoms with Crippen LogP contribution in [0.25, 0.3) is 0 Å². The highest BCUT2D eigenvalue weighted by atomic mass is 79.9. The lowest BCUT2D eigenvalue weighted by Crippen LogP contribution is -2.42. The third-order valence-electron chi connectivity index (χ3n) is 4.33. The zero-order valence-electron chi connectivity index (χ0n) is 13.5. The first-order valence-corrected chi connectivity index (χ1v) is 11.5. The van der Waals surface area contributed by atoms with Crippen LogP contribution in [-0.4, -0.2) is 49.0 Å². The van der Waals surface area contributed by atoms with E-state index in [9.17, 15) is 16.8 Å². The van der Waals surface area contributed by atoms with Gasteiger partial charge in [-0.05, 0) is 40.9 Å². The largest absolute Gasteiger partial charge is 0.325 e. The van der Waals surface area contributed by atoms with Crippen LogP contribution in [0.15, 0.2) is 51.2 Å². The molecule has 0 bridgehead atoms. The van der Waals surface area contributed by atoms with Gasteiger partial charge in [-0.25, -0.2) is 21.8 Å². The van der Waals surface area contributed by atoms with Crippen molar-refractivity contribution in [3.05, 3.63) is 41.1 Å². The highest BCUT2D eigenvalue weighted by molar-refractivity contribution is 9.10. The molecule has 1 aromatic heterocycles. The lowest BCUT2D eigenvalue weighted by atomic mass is 10.2. The Morgan fingerprint density at radius 1 is 1.12 bits per heavy atom. The SMILES string of the molecule is Cn1ccnc1S(=O)(=O)C1CCN(S(=O)(=O)c2ccccc2Br)CC1. The normalized spacial score (nSPS) is 17.7. The number of piperidine rings is 1. The fraction of sp³-hybridized carbons (Fsp3) is 0.400. The molecule has 7 nitrogen and oxygen atoms in total. The minimum Gasteiger partial charge on any atom is -0.325 e. The molecule has 10 heteroatoms. The Kier molecular flexibility index (Phi) is 5.06. The molecular formula is C15H18BrN3O4S2. The van der Waals surface area contributed by atoms with Gasteiger partial charge in [0.1, 0.15) is 0 Å². The van der Waals surface area contributed by atoms with Crippen LogP contribution in [0.1, 0.15) is 12.8 Å². The number of sulfonamides is 1. The van der Waals surface area contributed by atoms with Gasteiger partial charge in [0, 0.05) is 37.0 Å². The molecule has 0 unspecified atom stereocenters. The number of hydrogen-bond acceptors (Lipinski definition) is 5. The van der Waals surface area contributed by atoms with Gasteiger partial charge < -0.3 is 4.57 Å². The summed E-state index contributed by atoms with van der Waals surface area (Å²) in [4.78, 5) is 4.12. The molecule has 1 aliphatic rings. The molecule has 2 aromatic rings. The van der Waals surface area contributed by atoms with E-state index in [-0.39, 0.29) is 36.0 Å². The average molecular weight is 448 g/mol. The summed E-state index contributed by atoms with van der Waals surface area (Å²) in [5, 5.41) is -0.598. The summed E-state index contributed by atoms with van der Waals surface area (Å²) in [7, 11) is -5.59. The topological polar surface area (TPSA) is 89.3 Å². The maximum Gasteiger partial charge on any atom is 0.244 e. The molecule has 1 saturated heterocycles. The molecule has 1 aromatic carbocycles. The van der Waals surface area contributed by atoms with Gasteiger partial charge >= 0.3 is 0 Å². The van der Waals surface area contributed by atoms with Gasteiger partial charge in [-0.15, -0.1) is 0 Å². The monoisotopic (exact) mass is 447 g/mol. The Labute approximate surface area is 155 Å². The average Bonchev–Trinajstić information content (AvgIpc) is 3.02. The number of sulfone groups is 1. The minimum atomic E-state index is -3.65. The van der Waals surface area contributed by atoms with Gasteiger partial charge in [0.15, 0.2) is 0 Å². The number of benzene rings is 1. The summed E-state index contributed by atoms with van der Waals surface area (Å²) in [5.74, 6) is 0.